The van der Waals surface area contributed by atoms with Gasteiger partial charge in [0.25, 0.3) is 11.1 Å². The number of aromatic amines is 1. The second kappa shape index (κ2) is 4.52. The second-order valence-corrected chi connectivity index (χ2v) is 3.79. The highest BCUT2D eigenvalue weighted by molar-refractivity contribution is 5.80. The number of benzene rings is 1. The van der Waals surface area contributed by atoms with Crippen LogP contribution in [0.3, 0.4) is 0 Å². The van der Waals surface area contributed by atoms with E-state index in [9.17, 15) is 14.7 Å². The average Bonchev–Trinajstić information content (AvgIpc) is 2.35. The van der Waals surface area contributed by atoms with Crippen molar-refractivity contribution in [2.24, 2.45) is 5.73 Å². The highest BCUT2D eigenvalue weighted by Gasteiger charge is 2.09. The predicted octanol–water partition coefficient (Wildman–Crippen LogP) is -0.991. The van der Waals surface area contributed by atoms with Crippen LogP contribution in [0.5, 0.6) is 0 Å². The minimum atomic E-state index is -0.857. The van der Waals surface area contributed by atoms with Crippen LogP contribution in [0.4, 0.5) is 0 Å². The smallest absolute Gasteiger partial charge is 0.273 e. The summed E-state index contributed by atoms with van der Waals surface area (Å²) in [5, 5.41) is 12.5. The maximum atomic E-state index is 12.0. The lowest BCUT2D eigenvalue weighted by molar-refractivity contribution is 0.155. The van der Waals surface area contributed by atoms with E-state index in [2.05, 4.69) is 5.10 Å². The summed E-state index contributed by atoms with van der Waals surface area (Å²) in [4.78, 5) is 23.7. The molecule has 1 unspecified atom stereocenters. The van der Waals surface area contributed by atoms with Crippen molar-refractivity contribution in [2.45, 2.75) is 12.6 Å². The predicted molar refractivity (Wildman–Crippen MR) is 63.9 cm³/mol. The molecular weight excluding hydrogens is 222 g/mol. The number of hydrogen-bond acceptors (Lipinski definition) is 4. The summed E-state index contributed by atoms with van der Waals surface area (Å²) < 4.78 is 1.09. The lowest BCUT2D eigenvalue weighted by Crippen LogP contribution is -2.36. The molecule has 0 radical (unpaired) electrons. The molecule has 17 heavy (non-hydrogen) atoms. The van der Waals surface area contributed by atoms with Crippen LogP contribution in [0.2, 0.25) is 0 Å². The Labute approximate surface area is 96.3 Å². The fourth-order valence-corrected chi connectivity index (χ4v) is 1.66. The van der Waals surface area contributed by atoms with Crippen LogP contribution in [0.15, 0.2) is 33.9 Å². The number of rotatable bonds is 3. The van der Waals surface area contributed by atoms with Crippen LogP contribution in [-0.4, -0.2) is 27.5 Å². The highest BCUT2D eigenvalue weighted by Crippen LogP contribution is 2.02. The van der Waals surface area contributed by atoms with Crippen LogP contribution in [-0.2, 0) is 6.54 Å². The minimum absolute atomic E-state index is 0.0184. The Bertz CT molecular complexity index is 644. The van der Waals surface area contributed by atoms with Crippen LogP contribution in [0.25, 0.3) is 10.8 Å². The van der Waals surface area contributed by atoms with Gasteiger partial charge in [-0.3, -0.25) is 14.7 Å². The number of hydrogen-bond donors (Lipinski definition) is 3. The molecular formula is C11H13N3O3. The van der Waals surface area contributed by atoms with Gasteiger partial charge in [0.2, 0.25) is 0 Å². The van der Waals surface area contributed by atoms with E-state index in [4.69, 9.17) is 5.73 Å². The Balaban J connectivity index is 2.63. The SMILES string of the molecule is NCC(O)Cn1[nH]c(=O)c2ccccc2c1=O. The molecule has 2 rings (SSSR count). The van der Waals surface area contributed by atoms with Gasteiger partial charge in [-0.1, -0.05) is 12.1 Å². The molecule has 0 spiro atoms. The maximum Gasteiger partial charge on any atom is 0.273 e. The topological polar surface area (TPSA) is 101 Å². The first-order valence-corrected chi connectivity index (χ1v) is 5.23. The van der Waals surface area contributed by atoms with Crippen LogP contribution in [0, 0.1) is 0 Å². The Kier molecular flexibility index (Phi) is 3.08. The van der Waals surface area contributed by atoms with Crippen molar-refractivity contribution in [3.8, 4) is 0 Å². The molecule has 1 heterocycles. The normalized spacial score (nSPS) is 12.8. The van der Waals surface area contributed by atoms with E-state index in [1.807, 2.05) is 0 Å². The third-order valence-corrected chi connectivity index (χ3v) is 2.55. The lowest BCUT2D eigenvalue weighted by Gasteiger charge is -2.10. The van der Waals surface area contributed by atoms with E-state index in [0.717, 1.165) is 4.68 Å². The van der Waals surface area contributed by atoms with Crippen molar-refractivity contribution in [3.63, 3.8) is 0 Å². The molecule has 0 aliphatic carbocycles. The molecule has 0 bridgehead atoms. The van der Waals surface area contributed by atoms with Gasteiger partial charge in [0.15, 0.2) is 0 Å². The van der Waals surface area contributed by atoms with Gasteiger partial charge in [0.1, 0.15) is 0 Å². The molecule has 1 aromatic carbocycles. The quantitative estimate of drug-likeness (QED) is 0.635. The molecule has 0 saturated carbocycles. The third kappa shape index (κ3) is 2.13. The molecule has 90 valence electrons. The summed E-state index contributed by atoms with van der Waals surface area (Å²) >= 11 is 0. The van der Waals surface area contributed by atoms with Gasteiger partial charge in [-0.05, 0) is 12.1 Å². The molecule has 2 aromatic rings. The molecule has 0 amide bonds. The van der Waals surface area contributed by atoms with E-state index >= 15 is 0 Å². The fraction of sp³-hybridized carbons (Fsp3) is 0.273. The molecule has 4 N–H and O–H groups in total. The Morgan fingerprint density at radius 3 is 2.59 bits per heavy atom. The number of aliphatic hydroxyl groups is 1. The summed E-state index contributed by atoms with van der Waals surface area (Å²) in [6, 6.07) is 6.54. The molecule has 0 fully saturated rings. The van der Waals surface area contributed by atoms with E-state index in [1.54, 1.807) is 24.3 Å². The summed E-state index contributed by atoms with van der Waals surface area (Å²) in [6.07, 6.45) is -0.857. The Morgan fingerprint density at radius 1 is 1.29 bits per heavy atom. The molecule has 1 atom stereocenters. The zero-order chi connectivity index (χ0) is 12.4. The van der Waals surface area contributed by atoms with Crippen molar-refractivity contribution in [2.75, 3.05) is 6.54 Å². The Hall–Kier alpha value is -1.92. The molecule has 6 heteroatoms. The third-order valence-electron chi connectivity index (χ3n) is 2.55. The highest BCUT2D eigenvalue weighted by atomic mass is 16.3. The summed E-state index contributed by atoms with van der Waals surface area (Å²) in [5.41, 5.74) is 4.57. The second-order valence-electron chi connectivity index (χ2n) is 3.79. The fourth-order valence-electron chi connectivity index (χ4n) is 1.66. The number of nitrogens with one attached hydrogen (secondary N) is 1. The minimum Gasteiger partial charge on any atom is -0.390 e. The van der Waals surface area contributed by atoms with E-state index in [1.165, 1.54) is 0 Å². The first kappa shape index (κ1) is 11.6. The Morgan fingerprint density at radius 2 is 1.94 bits per heavy atom. The molecule has 0 saturated heterocycles. The summed E-state index contributed by atoms with van der Waals surface area (Å²) in [6.45, 7) is 0.0106. The van der Waals surface area contributed by atoms with Crippen LogP contribution < -0.4 is 16.9 Å². The maximum absolute atomic E-state index is 12.0. The van der Waals surface area contributed by atoms with E-state index in [-0.39, 0.29) is 24.2 Å². The van der Waals surface area contributed by atoms with Crippen LogP contribution >= 0.6 is 0 Å². The van der Waals surface area contributed by atoms with Gasteiger partial charge in [-0.2, -0.15) is 0 Å². The van der Waals surface area contributed by atoms with Crippen molar-refractivity contribution in [1.82, 2.24) is 9.78 Å². The van der Waals surface area contributed by atoms with Crippen molar-refractivity contribution >= 4 is 10.8 Å². The van der Waals surface area contributed by atoms with Gasteiger partial charge in [-0.25, -0.2) is 4.68 Å². The molecule has 1 aromatic heterocycles. The molecule has 6 nitrogen and oxygen atoms in total. The van der Waals surface area contributed by atoms with Crippen molar-refractivity contribution in [3.05, 3.63) is 45.0 Å². The van der Waals surface area contributed by atoms with Crippen molar-refractivity contribution < 1.29 is 5.11 Å². The lowest BCUT2D eigenvalue weighted by atomic mass is 10.2. The zero-order valence-electron chi connectivity index (χ0n) is 9.09. The van der Waals surface area contributed by atoms with E-state index in [0.29, 0.717) is 10.8 Å². The van der Waals surface area contributed by atoms with Crippen molar-refractivity contribution in [1.29, 1.82) is 0 Å². The number of fused-ring (bicyclic) bond motifs is 1. The van der Waals surface area contributed by atoms with Gasteiger partial charge in [0, 0.05) is 6.54 Å². The molecule has 0 aliphatic heterocycles. The van der Waals surface area contributed by atoms with Gasteiger partial charge < -0.3 is 10.8 Å². The standard InChI is InChI=1S/C11H13N3O3/c12-5-7(15)6-14-11(17)9-4-2-1-3-8(9)10(16)13-14/h1-4,7,15H,5-6,12H2,(H,13,16). The largest absolute Gasteiger partial charge is 0.390 e. The number of nitrogens with zero attached hydrogens (tertiary/aromatic N) is 1. The summed E-state index contributed by atoms with van der Waals surface area (Å²) in [5.74, 6) is 0. The number of aliphatic hydroxyl groups excluding tert-OH is 1. The van der Waals surface area contributed by atoms with Gasteiger partial charge in [-0.15, -0.1) is 0 Å². The number of aromatic nitrogens is 2. The first-order valence-electron chi connectivity index (χ1n) is 5.23. The van der Waals surface area contributed by atoms with Crippen LogP contribution in [0.1, 0.15) is 0 Å². The summed E-state index contributed by atoms with van der Waals surface area (Å²) in [7, 11) is 0. The zero-order valence-corrected chi connectivity index (χ0v) is 9.09. The van der Waals surface area contributed by atoms with E-state index < -0.39 is 6.10 Å². The molecule has 0 aliphatic rings. The first-order chi connectivity index (χ1) is 8.13. The van der Waals surface area contributed by atoms with Gasteiger partial charge in [0.05, 0.1) is 23.4 Å². The van der Waals surface area contributed by atoms with Gasteiger partial charge >= 0.3 is 0 Å². The monoisotopic (exact) mass is 235 g/mol. The number of H-pyrrole nitrogens is 1. The number of nitrogens with two attached hydrogens (primary N) is 1. The average molecular weight is 235 g/mol.